The van der Waals surface area contributed by atoms with E-state index >= 15 is 0 Å². The Hall–Kier alpha value is -2.36. The molecule has 0 saturated carbocycles. The van der Waals surface area contributed by atoms with E-state index in [2.05, 4.69) is 15.2 Å². The average Bonchev–Trinajstić information content (AvgIpc) is 3.08. The summed E-state index contributed by atoms with van der Waals surface area (Å²) < 4.78 is 12.8. The van der Waals surface area contributed by atoms with E-state index in [9.17, 15) is 10.1 Å². The van der Waals surface area contributed by atoms with Gasteiger partial charge in [0.25, 0.3) is 0 Å². The van der Waals surface area contributed by atoms with E-state index in [1.807, 2.05) is 17.8 Å². The minimum atomic E-state index is -0.459. The number of nitro groups is 1. The van der Waals surface area contributed by atoms with Crippen molar-refractivity contribution in [3.05, 3.63) is 46.5 Å². The molecule has 0 bridgehead atoms. The Bertz CT molecular complexity index is 770. The zero-order chi connectivity index (χ0) is 18.5. The van der Waals surface area contributed by atoms with Gasteiger partial charge >= 0.3 is 5.69 Å². The Morgan fingerprint density at radius 3 is 2.93 bits per heavy atom. The number of nitrogens with one attached hydrogen (secondary N) is 1. The number of ether oxygens (including phenoxy) is 2. The van der Waals surface area contributed by atoms with Gasteiger partial charge in [0.2, 0.25) is 0 Å². The van der Waals surface area contributed by atoms with Gasteiger partial charge in [0.05, 0.1) is 24.1 Å². The summed E-state index contributed by atoms with van der Waals surface area (Å²) in [6.45, 7) is 3.58. The number of hydrogen-bond donors (Lipinski definition) is 1. The zero-order valence-corrected chi connectivity index (χ0v) is 16.1. The lowest BCUT2D eigenvalue weighted by Crippen LogP contribution is -2.48. The molecule has 1 fully saturated rings. The molecule has 0 spiro atoms. The van der Waals surface area contributed by atoms with Gasteiger partial charge in [-0.15, -0.1) is 12.4 Å². The number of aromatic nitrogens is 2. The molecule has 1 aromatic heterocycles. The quantitative estimate of drug-likeness (QED) is 0.562. The first-order chi connectivity index (χ1) is 12.6. The minimum absolute atomic E-state index is 0. The van der Waals surface area contributed by atoms with E-state index in [0.717, 1.165) is 25.5 Å². The summed E-state index contributed by atoms with van der Waals surface area (Å²) in [4.78, 5) is 17.5. The van der Waals surface area contributed by atoms with E-state index in [1.165, 1.54) is 13.2 Å². The van der Waals surface area contributed by atoms with Crippen molar-refractivity contribution in [2.24, 2.45) is 7.05 Å². The summed E-state index contributed by atoms with van der Waals surface area (Å²) in [5, 5.41) is 14.6. The second kappa shape index (κ2) is 9.54. The first-order valence-corrected chi connectivity index (χ1v) is 8.47. The molecule has 0 radical (unpaired) electrons. The van der Waals surface area contributed by atoms with Gasteiger partial charge in [-0.25, -0.2) is 4.98 Å². The fourth-order valence-corrected chi connectivity index (χ4v) is 3.13. The van der Waals surface area contributed by atoms with Crippen molar-refractivity contribution < 1.29 is 14.4 Å². The van der Waals surface area contributed by atoms with Crippen molar-refractivity contribution in [1.29, 1.82) is 0 Å². The van der Waals surface area contributed by atoms with Crippen LogP contribution in [0.25, 0.3) is 0 Å². The van der Waals surface area contributed by atoms with Gasteiger partial charge in [-0.3, -0.25) is 15.0 Å². The molecule has 1 N–H and O–H groups in total. The van der Waals surface area contributed by atoms with Gasteiger partial charge in [0.1, 0.15) is 18.2 Å². The van der Waals surface area contributed by atoms with Crippen LogP contribution in [0.15, 0.2) is 30.6 Å². The second-order valence-corrected chi connectivity index (χ2v) is 6.09. The SMILES string of the molecule is COc1ccc(OCCN2CCNCC2c2nccn2C)c([N+](=O)[O-])c1.Cl. The summed E-state index contributed by atoms with van der Waals surface area (Å²) >= 11 is 0. The molecule has 1 unspecified atom stereocenters. The maximum absolute atomic E-state index is 11.2. The van der Waals surface area contributed by atoms with Gasteiger partial charge in [-0.1, -0.05) is 0 Å². The lowest BCUT2D eigenvalue weighted by Gasteiger charge is -2.35. The maximum Gasteiger partial charge on any atom is 0.314 e. The molecular weight excluding hydrogens is 374 g/mol. The molecule has 0 aliphatic carbocycles. The Labute approximate surface area is 163 Å². The van der Waals surface area contributed by atoms with Crippen LogP contribution in [0.4, 0.5) is 5.69 Å². The summed E-state index contributed by atoms with van der Waals surface area (Å²) in [6, 6.07) is 4.75. The highest BCUT2D eigenvalue weighted by Gasteiger charge is 2.26. The number of aryl methyl sites for hydroxylation is 1. The number of hydrogen-bond acceptors (Lipinski definition) is 7. The topological polar surface area (TPSA) is 94.7 Å². The number of piperazine rings is 1. The van der Waals surface area contributed by atoms with Crippen molar-refractivity contribution in [2.45, 2.75) is 6.04 Å². The van der Waals surface area contributed by atoms with E-state index < -0.39 is 4.92 Å². The first kappa shape index (κ1) is 20.9. The van der Waals surface area contributed by atoms with Gasteiger partial charge in [0.15, 0.2) is 5.75 Å². The summed E-state index contributed by atoms with van der Waals surface area (Å²) in [5.74, 6) is 1.67. The third-order valence-electron chi connectivity index (χ3n) is 4.51. The van der Waals surface area contributed by atoms with Crippen LogP contribution in [-0.4, -0.2) is 59.3 Å². The standard InChI is InChI=1S/C17H23N5O4.ClH/c1-20-7-6-19-17(20)15-12-18-5-8-21(15)9-10-26-16-4-3-13(25-2)11-14(16)22(23)24;/h3-4,6-7,11,15,18H,5,8-10,12H2,1-2H3;1H. The summed E-state index contributed by atoms with van der Waals surface area (Å²) in [6.07, 6.45) is 3.72. The monoisotopic (exact) mass is 397 g/mol. The Balaban J connectivity index is 0.00000261. The molecule has 27 heavy (non-hydrogen) atoms. The van der Waals surface area contributed by atoms with E-state index in [-0.39, 0.29) is 29.9 Å². The third-order valence-corrected chi connectivity index (χ3v) is 4.51. The number of nitrogens with zero attached hydrogens (tertiary/aromatic N) is 4. The molecule has 0 amide bonds. The number of benzene rings is 1. The number of halogens is 1. The van der Waals surface area contributed by atoms with Crippen molar-refractivity contribution in [3.8, 4) is 11.5 Å². The molecule has 2 heterocycles. The van der Waals surface area contributed by atoms with Crippen LogP contribution in [0, 0.1) is 10.1 Å². The van der Waals surface area contributed by atoms with Gasteiger partial charge in [-0.2, -0.15) is 0 Å². The number of rotatable bonds is 7. The van der Waals surface area contributed by atoms with Crippen LogP contribution in [-0.2, 0) is 7.05 Å². The Morgan fingerprint density at radius 1 is 1.44 bits per heavy atom. The number of imidazole rings is 1. The average molecular weight is 398 g/mol. The van der Waals surface area contributed by atoms with Crippen LogP contribution in [0.3, 0.4) is 0 Å². The smallest absolute Gasteiger partial charge is 0.314 e. The fraction of sp³-hybridized carbons (Fsp3) is 0.471. The third kappa shape index (κ3) is 4.88. The zero-order valence-electron chi connectivity index (χ0n) is 15.3. The predicted octanol–water partition coefficient (Wildman–Crippen LogP) is 1.78. The molecule has 9 nitrogen and oxygen atoms in total. The highest BCUT2D eigenvalue weighted by Crippen LogP contribution is 2.31. The molecule has 1 atom stereocenters. The van der Waals surface area contributed by atoms with Crippen LogP contribution < -0.4 is 14.8 Å². The highest BCUT2D eigenvalue weighted by molar-refractivity contribution is 5.85. The van der Waals surface area contributed by atoms with Crippen molar-refractivity contribution >= 4 is 18.1 Å². The van der Waals surface area contributed by atoms with Gasteiger partial charge in [0, 0.05) is 45.6 Å². The summed E-state index contributed by atoms with van der Waals surface area (Å²) in [7, 11) is 3.45. The largest absolute Gasteiger partial charge is 0.496 e. The molecule has 1 aliphatic heterocycles. The number of methoxy groups -OCH3 is 1. The summed E-state index contributed by atoms with van der Waals surface area (Å²) in [5.41, 5.74) is -0.0923. The van der Waals surface area contributed by atoms with Crippen molar-refractivity contribution in [2.75, 3.05) is 39.9 Å². The molecule has 1 aliphatic rings. The molecule has 2 aromatic rings. The highest BCUT2D eigenvalue weighted by atomic mass is 35.5. The van der Waals surface area contributed by atoms with Crippen LogP contribution in [0.1, 0.15) is 11.9 Å². The number of nitro benzene ring substituents is 1. The molecular formula is C17H24ClN5O4. The molecule has 148 valence electrons. The van der Waals surface area contributed by atoms with E-state index in [0.29, 0.717) is 18.9 Å². The molecule has 3 rings (SSSR count). The van der Waals surface area contributed by atoms with Crippen molar-refractivity contribution in [1.82, 2.24) is 19.8 Å². The van der Waals surface area contributed by atoms with Crippen molar-refractivity contribution in [3.63, 3.8) is 0 Å². The van der Waals surface area contributed by atoms with Crippen LogP contribution in [0.5, 0.6) is 11.5 Å². The van der Waals surface area contributed by atoms with Gasteiger partial charge in [-0.05, 0) is 12.1 Å². The predicted molar refractivity (Wildman–Crippen MR) is 103 cm³/mol. The maximum atomic E-state index is 11.2. The van der Waals surface area contributed by atoms with Gasteiger partial charge < -0.3 is 19.4 Å². The lowest BCUT2D eigenvalue weighted by atomic mass is 10.2. The molecule has 10 heteroatoms. The second-order valence-electron chi connectivity index (χ2n) is 6.09. The normalized spacial score (nSPS) is 17.2. The lowest BCUT2D eigenvalue weighted by molar-refractivity contribution is -0.385. The van der Waals surface area contributed by atoms with Crippen LogP contribution in [0.2, 0.25) is 0 Å². The minimum Gasteiger partial charge on any atom is -0.496 e. The fourth-order valence-electron chi connectivity index (χ4n) is 3.13. The Morgan fingerprint density at radius 2 is 2.26 bits per heavy atom. The Kier molecular flexibility index (Phi) is 7.40. The molecule has 1 aromatic carbocycles. The molecule has 1 saturated heterocycles. The van der Waals surface area contributed by atoms with Crippen LogP contribution >= 0.6 is 12.4 Å². The van der Waals surface area contributed by atoms with E-state index in [1.54, 1.807) is 18.3 Å². The first-order valence-electron chi connectivity index (χ1n) is 8.47. The van der Waals surface area contributed by atoms with E-state index in [4.69, 9.17) is 9.47 Å².